The first kappa shape index (κ1) is 21.5. The van der Waals surface area contributed by atoms with Crippen LogP contribution < -0.4 is 16.0 Å². The van der Waals surface area contributed by atoms with Crippen LogP contribution in [0.1, 0.15) is 23.1 Å². The van der Waals surface area contributed by atoms with E-state index in [0.717, 1.165) is 30.6 Å². The molecule has 0 radical (unpaired) electrons. The van der Waals surface area contributed by atoms with Crippen molar-refractivity contribution in [2.45, 2.75) is 31.8 Å². The molecule has 0 unspecified atom stereocenters. The maximum absolute atomic E-state index is 11.2. The third kappa shape index (κ3) is 5.02. The van der Waals surface area contributed by atoms with Crippen LogP contribution in [0.5, 0.6) is 0 Å². The first-order valence-electron chi connectivity index (χ1n) is 11.0. The van der Waals surface area contributed by atoms with E-state index in [9.17, 15) is 9.90 Å². The quantitative estimate of drug-likeness (QED) is 0.450. The molecular weight excluding hydrogens is 440 g/mol. The third-order valence-corrected chi connectivity index (χ3v) is 6.40. The summed E-state index contributed by atoms with van der Waals surface area (Å²) in [5.74, 6) is 1.02. The molecule has 2 aliphatic heterocycles. The number of aryl methyl sites for hydroxylation is 2. The van der Waals surface area contributed by atoms with Crippen molar-refractivity contribution in [1.29, 1.82) is 0 Å². The van der Waals surface area contributed by atoms with Crippen molar-refractivity contribution in [3.05, 3.63) is 70.4 Å². The number of nitrogens with one attached hydrogen (secondary N) is 3. The molecule has 4 N–H and O–H groups in total. The largest absolute Gasteiger partial charge is 0.465 e. The number of halogens is 1. The SMILES string of the molecule is O=C(O)N1CC[C@H](NCc2ccc3cc2CCc2cccc(c2)Nc2ncc(Cl)c(n2)N3)C1. The van der Waals surface area contributed by atoms with Gasteiger partial charge >= 0.3 is 6.09 Å². The van der Waals surface area contributed by atoms with Crippen LogP contribution in [0.25, 0.3) is 0 Å². The van der Waals surface area contributed by atoms with Crippen molar-refractivity contribution in [3.8, 4) is 0 Å². The number of benzene rings is 2. The average molecular weight is 465 g/mol. The van der Waals surface area contributed by atoms with Crippen molar-refractivity contribution < 1.29 is 9.90 Å². The van der Waals surface area contributed by atoms with Crippen molar-refractivity contribution in [2.75, 3.05) is 23.7 Å². The van der Waals surface area contributed by atoms with Gasteiger partial charge in [-0.3, -0.25) is 0 Å². The summed E-state index contributed by atoms with van der Waals surface area (Å²) in [7, 11) is 0. The van der Waals surface area contributed by atoms with Crippen LogP contribution in [0, 0.1) is 0 Å². The fraction of sp³-hybridized carbons (Fsp3) is 0.292. The zero-order valence-electron chi connectivity index (χ0n) is 18.0. The molecule has 2 aromatic carbocycles. The Hall–Kier alpha value is -3.36. The van der Waals surface area contributed by atoms with E-state index in [-0.39, 0.29) is 6.04 Å². The molecule has 33 heavy (non-hydrogen) atoms. The van der Waals surface area contributed by atoms with E-state index in [1.807, 2.05) is 18.2 Å². The zero-order valence-corrected chi connectivity index (χ0v) is 18.8. The maximum atomic E-state index is 11.2. The minimum absolute atomic E-state index is 0.168. The fourth-order valence-electron chi connectivity index (χ4n) is 4.33. The Kier molecular flexibility index (Phi) is 6.02. The lowest BCUT2D eigenvalue weighted by molar-refractivity contribution is 0.154. The number of carbonyl (C=O) groups is 1. The molecule has 0 saturated carbocycles. The normalized spacial score (nSPS) is 17.2. The summed E-state index contributed by atoms with van der Waals surface area (Å²) < 4.78 is 0. The number of hydrogen-bond acceptors (Lipinski definition) is 6. The molecule has 0 spiro atoms. The Labute approximate surface area is 197 Å². The summed E-state index contributed by atoms with van der Waals surface area (Å²) in [5.41, 5.74) is 5.48. The molecule has 5 rings (SSSR count). The van der Waals surface area contributed by atoms with Gasteiger partial charge in [-0.15, -0.1) is 0 Å². The van der Waals surface area contributed by atoms with Gasteiger partial charge in [0, 0.05) is 37.1 Å². The van der Waals surface area contributed by atoms with E-state index >= 15 is 0 Å². The van der Waals surface area contributed by atoms with Gasteiger partial charge in [0.2, 0.25) is 5.95 Å². The number of hydrogen-bond donors (Lipinski definition) is 4. The van der Waals surface area contributed by atoms with Gasteiger partial charge < -0.3 is 26.0 Å². The van der Waals surface area contributed by atoms with E-state index in [2.05, 4.69) is 50.2 Å². The number of nitrogens with zero attached hydrogens (tertiary/aromatic N) is 3. The lowest BCUT2D eigenvalue weighted by atomic mass is 9.98. The first-order chi connectivity index (χ1) is 16.0. The number of rotatable bonds is 3. The van der Waals surface area contributed by atoms with Crippen LogP contribution >= 0.6 is 11.6 Å². The van der Waals surface area contributed by atoms with Crippen molar-refractivity contribution in [1.82, 2.24) is 20.2 Å². The smallest absolute Gasteiger partial charge is 0.407 e. The van der Waals surface area contributed by atoms with E-state index in [1.54, 1.807) is 6.20 Å². The molecule has 1 saturated heterocycles. The number of fused-ring (bicyclic) bond motifs is 6. The summed E-state index contributed by atoms with van der Waals surface area (Å²) in [5, 5.41) is 19.8. The average Bonchev–Trinajstić information content (AvgIpc) is 3.29. The van der Waals surface area contributed by atoms with Crippen LogP contribution in [0.4, 0.5) is 27.9 Å². The molecule has 0 aliphatic carbocycles. The molecule has 3 aromatic rings. The topological polar surface area (TPSA) is 102 Å². The van der Waals surface area contributed by atoms with Crippen LogP contribution in [-0.4, -0.2) is 45.2 Å². The summed E-state index contributed by atoms with van der Waals surface area (Å²) in [6.07, 6.45) is 3.33. The predicted octanol–water partition coefficient (Wildman–Crippen LogP) is 4.56. The second-order valence-corrected chi connectivity index (χ2v) is 8.83. The number of amides is 1. The van der Waals surface area contributed by atoms with Gasteiger partial charge in [0.1, 0.15) is 5.02 Å². The molecule has 8 nitrogen and oxygen atoms in total. The summed E-state index contributed by atoms with van der Waals surface area (Å²) in [4.78, 5) is 21.5. The number of anilines is 4. The molecule has 2 aliphatic rings. The van der Waals surface area contributed by atoms with Crippen LogP contribution in [0.2, 0.25) is 5.02 Å². The minimum Gasteiger partial charge on any atom is -0.465 e. The standard InChI is InChI=1S/C24H25ClN6O2/c25-21-13-27-23-29-18-3-1-2-15(10-18)4-5-16-11-19(28-22(21)30-23)7-6-17(16)12-26-20-8-9-31(14-20)24(32)33/h1-3,6-7,10-11,13,20,26H,4-5,8-9,12,14H2,(H,32,33)(H2,27,28,29,30)/t20-/m0/s1. The highest BCUT2D eigenvalue weighted by molar-refractivity contribution is 6.32. The van der Waals surface area contributed by atoms with Crippen molar-refractivity contribution in [3.63, 3.8) is 0 Å². The highest BCUT2D eigenvalue weighted by Crippen LogP contribution is 2.28. The summed E-state index contributed by atoms with van der Waals surface area (Å²) in [6, 6.07) is 14.7. The lowest BCUT2D eigenvalue weighted by Gasteiger charge is -2.17. The lowest BCUT2D eigenvalue weighted by Crippen LogP contribution is -2.34. The Balaban J connectivity index is 1.42. The molecule has 1 fully saturated rings. The highest BCUT2D eigenvalue weighted by atomic mass is 35.5. The Bertz CT molecular complexity index is 1190. The van der Waals surface area contributed by atoms with E-state index in [1.165, 1.54) is 21.6 Å². The van der Waals surface area contributed by atoms with Crippen LogP contribution in [0.3, 0.4) is 0 Å². The Morgan fingerprint density at radius 3 is 2.91 bits per heavy atom. The zero-order chi connectivity index (χ0) is 22.8. The van der Waals surface area contributed by atoms with Gasteiger partial charge in [0.05, 0.1) is 6.20 Å². The highest BCUT2D eigenvalue weighted by Gasteiger charge is 2.25. The first-order valence-corrected chi connectivity index (χ1v) is 11.4. The molecular formula is C24H25ClN6O2. The van der Waals surface area contributed by atoms with Gasteiger partial charge in [0.15, 0.2) is 5.82 Å². The van der Waals surface area contributed by atoms with E-state index < -0.39 is 6.09 Å². The Morgan fingerprint density at radius 2 is 2.06 bits per heavy atom. The monoisotopic (exact) mass is 464 g/mol. The number of aromatic nitrogens is 2. The summed E-state index contributed by atoms with van der Waals surface area (Å²) >= 11 is 6.35. The van der Waals surface area contributed by atoms with Gasteiger partial charge in [-0.1, -0.05) is 29.8 Å². The molecule has 1 atom stereocenters. The van der Waals surface area contributed by atoms with E-state index in [0.29, 0.717) is 36.4 Å². The van der Waals surface area contributed by atoms with Crippen LogP contribution in [-0.2, 0) is 19.4 Å². The minimum atomic E-state index is -0.851. The molecule has 1 amide bonds. The third-order valence-electron chi connectivity index (χ3n) is 6.12. The van der Waals surface area contributed by atoms with Gasteiger partial charge in [0.25, 0.3) is 0 Å². The second kappa shape index (κ2) is 9.25. The Morgan fingerprint density at radius 1 is 1.18 bits per heavy atom. The van der Waals surface area contributed by atoms with Crippen LogP contribution in [0.15, 0.2) is 48.7 Å². The van der Waals surface area contributed by atoms with E-state index in [4.69, 9.17) is 11.6 Å². The number of carboxylic acid groups (broad SMARTS) is 1. The maximum Gasteiger partial charge on any atom is 0.407 e. The van der Waals surface area contributed by atoms with Gasteiger partial charge in [-0.25, -0.2) is 9.78 Å². The molecule has 3 heterocycles. The summed E-state index contributed by atoms with van der Waals surface area (Å²) in [6.45, 7) is 1.79. The number of likely N-dealkylation sites (tertiary alicyclic amines) is 1. The van der Waals surface area contributed by atoms with Gasteiger partial charge in [-0.2, -0.15) is 4.98 Å². The fourth-order valence-corrected chi connectivity index (χ4v) is 4.47. The van der Waals surface area contributed by atoms with Crippen molar-refractivity contribution >= 4 is 40.8 Å². The molecule has 170 valence electrons. The van der Waals surface area contributed by atoms with Crippen molar-refractivity contribution in [2.24, 2.45) is 0 Å². The second-order valence-electron chi connectivity index (χ2n) is 8.42. The molecule has 1 aromatic heterocycles. The predicted molar refractivity (Wildman–Crippen MR) is 129 cm³/mol. The molecule has 6 bridgehead atoms. The molecule has 9 heteroatoms. The van der Waals surface area contributed by atoms with Gasteiger partial charge in [-0.05, 0) is 60.2 Å².